The number of carbonyl (C=O) groups excluding carboxylic acids is 1. The number of hydrogen-bond donors (Lipinski definition) is 4. The minimum Gasteiger partial charge on any atom is -0.480 e. The van der Waals surface area contributed by atoms with Crippen molar-refractivity contribution < 1.29 is 14.7 Å². The molecule has 0 spiro atoms. The molecule has 4 N–H and O–H groups in total. The zero-order valence-electron chi connectivity index (χ0n) is 11.2. The Hall–Kier alpha value is -2.83. The van der Waals surface area contributed by atoms with Crippen molar-refractivity contribution in [2.24, 2.45) is 0 Å². The lowest BCUT2D eigenvalue weighted by molar-refractivity contribution is -0.139. The second kappa shape index (κ2) is 7.09. The monoisotopic (exact) mass is 288 g/mol. The van der Waals surface area contributed by atoms with Crippen molar-refractivity contribution >= 4 is 12.0 Å². The molecule has 0 aliphatic heterocycles. The van der Waals surface area contributed by atoms with Crippen LogP contribution in [-0.4, -0.2) is 33.3 Å². The van der Waals surface area contributed by atoms with Gasteiger partial charge in [-0.3, -0.25) is 5.10 Å². The van der Waals surface area contributed by atoms with Crippen LogP contribution in [-0.2, 0) is 17.8 Å². The van der Waals surface area contributed by atoms with Crippen molar-refractivity contribution in [3.05, 3.63) is 53.9 Å². The van der Waals surface area contributed by atoms with Gasteiger partial charge in [-0.1, -0.05) is 30.3 Å². The summed E-state index contributed by atoms with van der Waals surface area (Å²) in [4.78, 5) is 22.9. The number of carboxylic acid groups (broad SMARTS) is 1. The van der Waals surface area contributed by atoms with Gasteiger partial charge in [0.1, 0.15) is 6.04 Å². The number of aromatic nitrogens is 2. The molecule has 1 heterocycles. The van der Waals surface area contributed by atoms with Gasteiger partial charge < -0.3 is 15.7 Å². The van der Waals surface area contributed by atoms with E-state index in [1.165, 1.54) is 0 Å². The molecule has 7 nitrogen and oxygen atoms in total. The first-order chi connectivity index (χ1) is 10.1. The van der Waals surface area contributed by atoms with E-state index >= 15 is 0 Å². The van der Waals surface area contributed by atoms with Crippen molar-refractivity contribution in [2.45, 2.75) is 19.0 Å². The SMILES string of the molecule is O=C(NCc1cn[nH]c1)NC(Cc1ccccc1)C(=O)O. The largest absolute Gasteiger partial charge is 0.480 e. The van der Waals surface area contributed by atoms with Crippen LogP contribution in [0.1, 0.15) is 11.1 Å². The number of urea groups is 1. The summed E-state index contributed by atoms with van der Waals surface area (Å²) in [5, 5.41) is 20.6. The van der Waals surface area contributed by atoms with Gasteiger partial charge in [-0.2, -0.15) is 5.10 Å². The van der Waals surface area contributed by atoms with Crippen LogP contribution in [0.5, 0.6) is 0 Å². The standard InChI is InChI=1S/C14H16N4O3/c19-13(20)12(6-10-4-2-1-3-5-10)18-14(21)15-7-11-8-16-17-9-11/h1-5,8-9,12H,6-7H2,(H,16,17)(H,19,20)(H2,15,18,21). The summed E-state index contributed by atoms with van der Waals surface area (Å²) in [6, 6.07) is 7.64. The molecule has 0 radical (unpaired) electrons. The Labute approximate surface area is 121 Å². The van der Waals surface area contributed by atoms with Crippen molar-refractivity contribution in [1.29, 1.82) is 0 Å². The number of carboxylic acids is 1. The topological polar surface area (TPSA) is 107 Å². The molecule has 1 aromatic heterocycles. The van der Waals surface area contributed by atoms with Gasteiger partial charge >= 0.3 is 12.0 Å². The van der Waals surface area contributed by atoms with E-state index in [0.717, 1.165) is 11.1 Å². The highest BCUT2D eigenvalue weighted by molar-refractivity contribution is 5.82. The van der Waals surface area contributed by atoms with Crippen LogP contribution in [0.15, 0.2) is 42.7 Å². The van der Waals surface area contributed by atoms with Crippen molar-refractivity contribution in [3.63, 3.8) is 0 Å². The van der Waals surface area contributed by atoms with E-state index in [4.69, 9.17) is 0 Å². The fourth-order valence-electron chi connectivity index (χ4n) is 1.82. The number of hydrogen-bond acceptors (Lipinski definition) is 3. The molecule has 1 unspecified atom stereocenters. The number of rotatable bonds is 6. The Morgan fingerprint density at radius 2 is 2.00 bits per heavy atom. The summed E-state index contributed by atoms with van der Waals surface area (Å²) in [6.07, 6.45) is 3.47. The Morgan fingerprint density at radius 3 is 2.62 bits per heavy atom. The highest BCUT2D eigenvalue weighted by Gasteiger charge is 2.20. The average molecular weight is 288 g/mol. The number of nitrogens with zero attached hydrogens (tertiary/aromatic N) is 1. The summed E-state index contributed by atoms with van der Waals surface area (Å²) < 4.78 is 0. The van der Waals surface area contributed by atoms with Gasteiger partial charge in [0, 0.05) is 24.7 Å². The van der Waals surface area contributed by atoms with Gasteiger partial charge in [0.2, 0.25) is 0 Å². The Kier molecular flexibility index (Phi) is 4.92. The third kappa shape index (κ3) is 4.64. The Morgan fingerprint density at radius 1 is 1.24 bits per heavy atom. The van der Waals surface area contributed by atoms with E-state index < -0.39 is 18.0 Å². The Bertz CT molecular complexity index is 584. The summed E-state index contributed by atoms with van der Waals surface area (Å²) in [5.41, 5.74) is 1.65. The predicted octanol–water partition coefficient (Wildman–Crippen LogP) is 0.905. The molecule has 0 bridgehead atoms. The quantitative estimate of drug-likeness (QED) is 0.633. The zero-order chi connectivity index (χ0) is 15.1. The van der Waals surface area contributed by atoms with Gasteiger partial charge in [0.05, 0.1) is 6.20 Å². The normalized spacial score (nSPS) is 11.6. The summed E-state index contributed by atoms with van der Waals surface area (Å²) in [5.74, 6) is -1.07. The van der Waals surface area contributed by atoms with E-state index in [0.29, 0.717) is 0 Å². The first-order valence-corrected chi connectivity index (χ1v) is 6.44. The van der Waals surface area contributed by atoms with Crippen molar-refractivity contribution in [1.82, 2.24) is 20.8 Å². The fraction of sp³-hybridized carbons (Fsp3) is 0.214. The molecule has 0 saturated heterocycles. The predicted molar refractivity (Wildman–Crippen MR) is 75.5 cm³/mol. The van der Waals surface area contributed by atoms with Crippen LogP contribution in [0.2, 0.25) is 0 Å². The molecule has 0 aliphatic carbocycles. The molecule has 0 saturated carbocycles. The number of aromatic amines is 1. The molecule has 2 aromatic rings. The maximum atomic E-state index is 11.7. The fourth-order valence-corrected chi connectivity index (χ4v) is 1.82. The molecule has 1 atom stereocenters. The molecular formula is C14H16N4O3. The third-order valence-corrected chi connectivity index (χ3v) is 2.89. The van der Waals surface area contributed by atoms with Gasteiger partial charge in [-0.25, -0.2) is 9.59 Å². The molecule has 0 fully saturated rings. The number of amides is 2. The van der Waals surface area contributed by atoms with Crippen molar-refractivity contribution in [2.75, 3.05) is 0 Å². The van der Waals surface area contributed by atoms with Crippen LogP contribution in [0, 0.1) is 0 Å². The maximum Gasteiger partial charge on any atom is 0.326 e. The average Bonchev–Trinajstić information content (AvgIpc) is 2.99. The minimum atomic E-state index is -1.07. The highest BCUT2D eigenvalue weighted by atomic mass is 16.4. The van der Waals surface area contributed by atoms with E-state index in [9.17, 15) is 14.7 Å². The maximum absolute atomic E-state index is 11.7. The van der Waals surface area contributed by atoms with Gasteiger partial charge in [0.25, 0.3) is 0 Å². The highest BCUT2D eigenvalue weighted by Crippen LogP contribution is 2.03. The van der Waals surface area contributed by atoms with E-state index in [1.54, 1.807) is 12.4 Å². The molecule has 7 heteroatoms. The first kappa shape index (κ1) is 14.6. The lowest BCUT2D eigenvalue weighted by atomic mass is 10.1. The second-order valence-electron chi connectivity index (χ2n) is 4.51. The number of nitrogens with one attached hydrogen (secondary N) is 3. The minimum absolute atomic E-state index is 0.231. The molecular weight excluding hydrogens is 272 g/mol. The number of carbonyl (C=O) groups is 2. The lowest BCUT2D eigenvalue weighted by Gasteiger charge is -2.15. The number of benzene rings is 1. The van der Waals surface area contributed by atoms with E-state index in [2.05, 4.69) is 20.8 Å². The summed E-state index contributed by atoms with van der Waals surface area (Å²) in [6.45, 7) is 0.278. The zero-order valence-corrected chi connectivity index (χ0v) is 11.2. The van der Waals surface area contributed by atoms with E-state index in [-0.39, 0.29) is 13.0 Å². The number of H-pyrrole nitrogens is 1. The van der Waals surface area contributed by atoms with Crippen LogP contribution < -0.4 is 10.6 Å². The molecule has 2 amide bonds. The molecule has 0 aliphatic rings. The molecule has 2 rings (SSSR count). The smallest absolute Gasteiger partial charge is 0.326 e. The van der Waals surface area contributed by atoms with Crippen molar-refractivity contribution in [3.8, 4) is 0 Å². The van der Waals surface area contributed by atoms with Gasteiger partial charge in [-0.15, -0.1) is 0 Å². The molecule has 21 heavy (non-hydrogen) atoms. The summed E-state index contributed by atoms with van der Waals surface area (Å²) in [7, 11) is 0. The lowest BCUT2D eigenvalue weighted by Crippen LogP contribution is -2.46. The van der Waals surface area contributed by atoms with Crippen LogP contribution in [0.4, 0.5) is 4.79 Å². The van der Waals surface area contributed by atoms with E-state index in [1.807, 2.05) is 30.3 Å². The van der Waals surface area contributed by atoms with Crippen LogP contribution in [0.3, 0.4) is 0 Å². The van der Waals surface area contributed by atoms with Gasteiger partial charge in [0.15, 0.2) is 0 Å². The Balaban J connectivity index is 1.87. The molecule has 110 valence electrons. The van der Waals surface area contributed by atoms with Crippen LogP contribution in [0.25, 0.3) is 0 Å². The third-order valence-electron chi connectivity index (χ3n) is 2.89. The molecule has 1 aromatic carbocycles. The number of aliphatic carboxylic acids is 1. The van der Waals surface area contributed by atoms with Crippen LogP contribution >= 0.6 is 0 Å². The summed E-state index contributed by atoms with van der Waals surface area (Å²) >= 11 is 0. The first-order valence-electron chi connectivity index (χ1n) is 6.44. The van der Waals surface area contributed by atoms with Gasteiger partial charge in [-0.05, 0) is 5.56 Å². The second-order valence-corrected chi connectivity index (χ2v) is 4.51.